The third kappa shape index (κ3) is 7.68. The van der Waals surface area contributed by atoms with Crippen LogP contribution in [0.2, 0.25) is 5.02 Å². The standard InChI is InChI=1S/C26H33ClN2O3S/c1-3-24(26(31)28-21-7-5-4-6-8-21)29(17-19-9-13-22(32-2)14-10-19)25(30)18-33-23-15-11-20(27)12-16-23/h9-16,21,24H,3-8,17-18H2,1-2H3,(H,28,31)/t24-/m0/s1. The van der Waals surface area contributed by atoms with Crippen LogP contribution in [0.25, 0.3) is 0 Å². The monoisotopic (exact) mass is 488 g/mol. The maximum Gasteiger partial charge on any atom is 0.243 e. The Morgan fingerprint density at radius 2 is 1.76 bits per heavy atom. The van der Waals surface area contributed by atoms with Gasteiger partial charge in [-0.05, 0) is 61.2 Å². The average Bonchev–Trinajstić information content (AvgIpc) is 2.84. The second kappa shape index (κ2) is 12.9. The van der Waals surface area contributed by atoms with E-state index in [2.05, 4.69) is 5.32 Å². The van der Waals surface area contributed by atoms with Crippen LogP contribution in [0.1, 0.15) is 51.0 Å². The Balaban J connectivity index is 1.74. The van der Waals surface area contributed by atoms with Crippen molar-refractivity contribution in [1.29, 1.82) is 0 Å². The molecule has 1 N–H and O–H groups in total. The van der Waals surface area contributed by atoms with E-state index in [1.54, 1.807) is 12.0 Å². The number of halogens is 1. The number of thioether (sulfide) groups is 1. The van der Waals surface area contributed by atoms with Gasteiger partial charge in [0, 0.05) is 22.5 Å². The minimum absolute atomic E-state index is 0.0530. The van der Waals surface area contributed by atoms with Gasteiger partial charge in [-0.1, -0.05) is 49.9 Å². The van der Waals surface area contributed by atoms with Crippen molar-refractivity contribution in [3.8, 4) is 5.75 Å². The van der Waals surface area contributed by atoms with Crippen LogP contribution in [0.4, 0.5) is 0 Å². The summed E-state index contributed by atoms with van der Waals surface area (Å²) in [7, 11) is 1.63. The topological polar surface area (TPSA) is 58.6 Å². The molecule has 2 amide bonds. The normalized spacial score (nSPS) is 15.0. The molecule has 7 heteroatoms. The molecule has 0 spiro atoms. The van der Waals surface area contributed by atoms with E-state index in [4.69, 9.17) is 16.3 Å². The van der Waals surface area contributed by atoms with Gasteiger partial charge in [0.2, 0.25) is 11.8 Å². The van der Waals surface area contributed by atoms with E-state index in [1.807, 2.05) is 55.5 Å². The van der Waals surface area contributed by atoms with E-state index in [1.165, 1.54) is 18.2 Å². The minimum atomic E-state index is -0.507. The number of methoxy groups -OCH3 is 1. The molecule has 0 aliphatic heterocycles. The maximum atomic E-state index is 13.4. The number of nitrogens with one attached hydrogen (secondary N) is 1. The van der Waals surface area contributed by atoms with E-state index in [-0.39, 0.29) is 23.6 Å². The maximum absolute atomic E-state index is 13.4. The van der Waals surface area contributed by atoms with Crippen molar-refractivity contribution in [3.63, 3.8) is 0 Å². The van der Waals surface area contributed by atoms with Crippen molar-refractivity contribution in [1.82, 2.24) is 10.2 Å². The highest BCUT2D eigenvalue weighted by molar-refractivity contribution is 8.00. The number of hydrogen-bond acceptors (Lipinski definition) is 4. The first-order valence-corrected chi connectivity index (χ1v) is 13.0. The summed E-state index contributed by atoms with van der Waals surface area (Å²) < 4.78 is 5.25. The Morgan fingerprint density at radius 1 is 1.09 bits per heavy atom. The smallest absolute Gasteiger partial charge is 0.243 e. The zero-order valence-electron chi connectivity index (χ0n) is 19.4. The Kier molecular flexibility index (Phi) is 9.95. The molecule has 1 saturated carbocycles. The number of nitrogens with zero attached hydrogens (tertiary/aromatic N) is 1. The number of rotatable bonds is 10. The van der Waals surface area contributed by atoms with E-state index >= 15 is 0 Å². The number of carbonyl (C=O) groups excluding carboxylic acids is 2. The number of ether oxygens (including phenoxy) is 1. The molecular weight excluding hydrogens is 456 g/mol. The lowest BCUT2D eigenvalue weighted by atomic mass is 9.95. The lowest BCUT2D eigenvalue weighted by Gasteiger charge is -2.32. The molecule has 0 heterocycles. The predicted molar refractivity (Wildman–Crippen MR) is 135 cm³/mol. The molecule has 3 rings (SSSR count). The molecule has 1 fully saturated rings. The lowest BCUT2D eigenvalue weighted by molar-refractivity contribution is -0.139. The van der Waals surface area contributed by atoms with Gasteiger partial charge < -0.3 is 15.0 Å². The fraction of sp³-hybridized carbons (Fsp3) is 0.462. The first kappa shape index (κ1) is 25.4. The highest BCUT2D eigenvalue weighted by Crippen LogP contribution is 2.23. The third-order valence-corrected chi connectivity index (χ3v) is 7.27. The largest absolute Gasteiger partial charge is 0.497 e. The van der Waals surface area contributed by atoms with Crippen molar-refractivity contribution in [2.75, 3.05) is 12.9 Å². The van der Waals surface area contributed by atoms with E-state index in [0.29, 0.717) is 18.0 Å². The summed E-state index contributed by atoms with van der Waals surface area (Å²) in [6.45, 7) is 2.34. The summed E-state index contributed by atoms with van der Waals surface area (Å²) in [5.41, 5.74) is 0.963. The molecule has 5 nitrogen and oxygen atoms in total. The Bertz CT molecular complexity index is 899. The van der Waals surface area contributed by atoms with Crippen LogP contribution < -0.4 is 10.1 Å². The van der Waals surface area contributed by atoms with Crippen molar-refractivity contribution in [3.05, 3.63) is 59.1 Å². The van der Waals surface area contributed by atoms with Crippen LogP contribution in [-0.4, -0.2) is 41.7 Å². The molecule has 2 aromatic rings. The summed E-state index contributed by atoms with van der Waals surface area (Å²) in [6.07, 6.45) is 6.11. The van der Waals surface area contributed by atoms with Crippen molar-refractivity contribution < 1.29 is 14.3 Å². The van der Waals surface area contributed by atoms with E-state index in [9.17, 15) is 9.59 Å². The molecule has 0 unspecified atom stereocenters. The zero-order valence-corrected chi connectivity index (χ0v) is 21.0. The average molecular weight is 489 g/mol. The summed E-state index contributed by atoms with van der Waals surface area (Å²) in [4.78, 5) is 29.3. The van der Waals surface area contributed by atoms with E-state index < -0.39 is 6.04 Å². The van der Waals surface area contributed by atoms with Crippen LogP contribution >= 0.6 is 23.4 Å². The van der Waals surface area contributed by atoms with Crippen LogP contribution in [0, 0.1) is 0 Å². The van der Waals surface area contributed by atoms with Crippen LogP contribution in [0.3, 0.4) is 0 Å². The summed E-state index contributed by atoms with van der Waals surface area (Å²) in [6, 6.07) is 14.8. The van der Waals surface area contributed by atoms with Gasteiger partial charge in [0.1, 0.15) is 11.8 Å². The molecule has 1 aliphatic carbocycles. The van der Waals surface area contributed by atoms with Crippen molar-refractivity contribution in [2.24, 2.45) is 0 Å². The fourth-order valence-corrected chi connectivity index (χ4v) is 5.06. The highest BCUT2D eigenvalue weighted by Gasteiger charge is 2.30. The van der Waals surface area contributed by atoms with Gasteiger partial charge in [-0.2, -0.15) is 0 Å². The minimum Gasteiger partial charge on any atom is -0.497 e. The molecule has 178 valence electrons. The van der Waals surface area contributed by atoms with Crippen LogP contribution in [-0.2, 0) is 16.1 Å². The SMILES string of the molecule is CC[C@@H](C(=O)NC1CCCCC1)N(Cc1ccc(OC)cc1)C(=O)CSc1ccc(Cl)cc1. The molecule has 33 heavy (non-hydrogen) atoms. The lowest BCUT2D eigenvalue weighted by Crippen LogP contribution is -2.52. The first-order valence-electron chi connectivity index (χ1n) is 11.6. The quantitative estimate of drug-likeness (QED) is 0.436. The van der Waals surface area contributed by atoms with Gasteiger partial charge in [0.25, 0.3) is 0 Å². The molecule has 0 aromatic heterocycles. The number of amides is 2. The van der Waals surface area contributed by atoms with Crippen LogP contribution in [0.15, 0.2) is 53.4 Å². The van der Waals surface area contributed by atoms with Gasteiger partial charge in [0.05, 0.1) is 12.9 Å². The van der Waals surface area contributed by atoms with E-state index in [0.717, 1.165) is 41.9 Å². The zero-order chi connectivity index (χ0) is 23.6. The molecule has 0 saturated heterocycles. The molecule has 1 aliphatic rings. The molecule has 0 bridgehead atoms. The van der Waals surface area contributed by atoms with Crippen molar-refractivity contribution >= 4 is 35.2 Å². The number of hydrogen-bond donors (Lipinski definition) is 1. The van der Waals surface area contributed by atoms with Gasteiger partial charge in [-0.25, -0.2) is 0 Å². The second-order valence-corrected chi connectivity index (χ2v) is 9.87. The van der Waals surface area contributed by atoms with Gasteiger partial charge >= 0.3 is 0 Å². The first-order chi connectivity index (χ1) is 16.0. The van der Waals surface area contributed by atoms with Gasteiger partial charge in [-0.15, -0.1) is 11.8 Å². The Hall–Kier alpha value is -2.18. The Labute approximate surface area is 206 Å². The van der Waals surface area contributed by atoms with Crippen LogP contribution in [0.5, 0.6) is 5.75 Å². The fourth-order valence-electron chi connectivity index (χ4n) is 4.15. The predicted octanol–water partition coefficient (Wildman–Crippen LogP) is 5.70. The van der Waals surface area contributed by atoms with Crippen molar-refractivity contribution in [2.45, 2.75) is 69.0 Å². The molecule has 0 radical (unpaired) electrons. The number of benzene rings is 2. The second-order valence-electron chi connectivity index (χ2n) is 8.38. The molecule has 1 atom stereocenters. The van der Waals surface area contributed by atoms with Gasteiger partial charge in [-0.3, -0.25) is 9.59 Å². The number of carbonyl (C=O) groups is 2. The summed E-state index contributed by atoms with van der Waals surface area (Å²) in [5, 5.41) is 3.88. The molecular formula is C26H33ClN2O3S. The Morgan fingerprint density at radius 3 is 2.36 bits per heavy atom. The summed E-state index contributed by atoms with van der Waals surface area (Å²) >= 11 is 7.43. The van der Waals surface area contributed by atoms with Gasteiger partial charge in [0.15, 0.2) is 0 Å². The third-order valence-electron chi connectivity index (χ3n) is 6.03. The molecule has 2 aromatic carbocycles. The summed E-state index contributed by atoms with van der Waals surface area (Å²) in [5.74, 6) is 0.904. The highest BCUT2D eigenvalue weighted by atomic mass is 35.5.